The molecule has 1 aliphatic heterocycles. The van der Waals surface area contributed by atoms with Crippen molar-refractivity contribution in [1.29, 1.82) is 0 Å². The van der Waals surface area contributed by atoms with Gasteiger partial charge in [-0.1, -0.05) is 24.8 Å². The van der Waals surface area contributed by atoms with E-state index in [9.17, 15) is 4.79 Å². The van der Waals surface area contributed by atoms with Crippen molar-refractivity contribution < 1.29 is 9.53 Å². The van der Waals surface area contributed by atoms with Crippen LogP contribution >= 0.6 is 23.1 Å². The van der Waals surface area contributed by atoms with Crippen LogP contribution in [0.25, 0.3) is 6.08 Å². The zero-order valence-electron chi connectivity index (χ0n) is 13.6. The van der Waals surface area contributed by atoms with Crippen molar-refractivity contribution in [3.8, 4) is 5.75 Å². The molecule has 2 heterocycles. The van der Waals surface area contributed by atoms with Gasteiger partial charge in [-0.2, -0.15) is 0 Å². The standard InChI is InChI=1S/C18H18N2O2S2/c1-3-22-14-9-7-13(8-10-14)20-17(21)16(19-18(20)23-4-2)12-15-6-5-11-24-15/h5-12H,3-4H2,1-2H3. The summed E-state index contributed by atoms with van der Waals surface area (Å²) < 4.78 is 5.47. The Kier molecular flexibility index (Phi) is 5.37. The number of rotatable bonds is 5. The van der Waals surface area contributed by atoms with E-state index >= 15 is 0 Å². The monoisotopic (exact) mass is 358 g/mol. The number of thioether (sulfide) groups is 1. The summed E-state index contributed by atoms with van der Waals surface area (Å²) in [6.07, 6.45) is 1.85. The second-order valence-corrected chi connectivity index (χ2v) is 7.15. The molecule has 2 aromatic rings. The van der Waals surface area contributed by atoms with Gasteiger partial charge in [-0.3, -0.25) is 9.69 Å². The van der Waals surface area contributed by atoms with Gasteiger partial charge in [0, 0.05) is 4.88 Å². The fourth-order valence-electron chi connectivity index (χ4n) is 2.32. The van der Waals surface area contributed by atoms with E-state index < -0.39 is 0 Å². The number of anilines is 1. The molecule has 1 aromatic heterocycles. The molecule has 24 heavy (non-hydrogen) atoms. The molecule has 0 N–H and O–H groups in total. The highest BCUT2D eigenvalue weighted by Gasteiger charge is 2.31. The average molecular weight is 358 g/mol. The Morgan fingerprint density at radius 2 is 2.04 bits per heavy atom. The van der Waals surface area contributed by atoms with E-state index in [2.05, 4.69) is 11.9 Å². The summed E-state index contributed by atoms with van der Waals surface area (Å²) in [4.78, 5) is 20.1. The molecule has 0 unspecified atom stereocenters. The minimum absolute atomic E-state index is 0.0940. The first-order valence-electron chi connectivity index (χ1n) is 7.77. The molecule has 0 atom stereocenters. The third kappa shape index (κ3) is 3.55. The lowest BCUT2D eigenvalue weighted by Crippen LogP contribution is -2.30. The van der Waals surface area contributed by atoms with E-state index in [1.807, 2.05) is 54.8 Å². The van der Waals surface area contributed by atoms with Crippen LogP contribution in [0.5, 0.6) is 5.75 Å². The number of nitrogens with zero attached hydrogens (tertiary/aromatic N) is 2. The van der Waals surface area contributed by atoms with Gasteiger partial charge in [0.2, 0.25) is 0 Å². The SMILES string of the molecule is CCOc1ccc(N2C(=O)C(=Cc3cccs3)N=C2SCC)cc1. The molecule has 3 rings (SSSR count). The zero-order chi connectivity index (χ0) is 16.9. The van der Waals surface area contributed by atoms with Gasteiger partial charge in [0.25, 0.3) is 5.91 Å². The largest absolute Gasteiger partial charge is 0.494 e. The van der Waals surface area contributed by atoms with Crippen molar-refractivity contribution in [2.75, 3.05) is 17.3 Å². The Hall–Kier alpha value is -2.05. The second kappa shape index (κ2) is 7.68. The summed E-state index contributed by atoms with van der Waals surface area (Å²) in [5.41, 5.74) is 1.28. The van der Waals surface area contributed by atoms with Gasteiger partial charge in [0.05, 0.1) is 12.3 Å². The quantitative estimate of drug-likeness (QED) is 0.731. The summed E-state index contributed by atoms with van der Waals surface area (Å²) in [6, 6.07) is 11.5. The van der Waals surface area contributed by atoms with Crippen molar-refractivity contribution in [3.63, 3.8) is 0 Å². The maximum atomic E-state index is 12.8. The lowest BCUT2D eigenvalue weighted by molar-refractivity contribution is -0.113. The van der Waals surface area contributed by atoms with E-state index in [0.29, 0.717) is 12.3 Å². The smallest absolute Gasteiger partial charge is 0.283 e. The van der Waals surface area contributed by atoms with E-state index in [4.69, 9.17) is 4.74 Å². The number of hydrogen-bond donors (Lipinski definition) is 0. The molecule has 4 nitrogen and oxygen atoms in total. The lowest BCUT2D eigenvalue weighted by atomic mass is 10.2. The molecule has 0 aliphatic carbocycles. The highest BCUT2D eigenvalue weighted by atomic mass is 32.2. The van der Waals surface area contributed by atoms with E-state index in [-0.39, 0.29) is 5.91 Å². The third-order valence-electron chi connectivity index (χ3n) is 3.33. The van der Waals surface area contributed by atoms with Crippen LogP contribution < -0.4 is 9.64 Å². The number of amidine groups is 1. The van der Waals surface area contributed by atoms with Crippen LogP contribution in [-0.2, 0) is 4.79 Å². The number of amides is 1. The Balaban J connectivity index is 1.91. The first kappa shape index (κ1) is 16.8. The summed E-state index contributed by atoms with van der Waals surface area (Å²) in [5, 5.41) is 2.70. The van der Waals surface area contributed by atoms with Gasteiger partial charge >= 0.3 is 0 Å². The number of thiophene rings is 1. The van der Waals surface area contributed by atoms with Gasteiger partial charge in [-0.25, -0.2) is 4.99 Å². The molecule has 0 bridgehead atoms. The Labute approximate surface area is 149 Å². The maximum Gasteiger partial charge on any atom is 0.283 e. The molecule has 0 saturated heterocycles. The van der Waals surface area contributed by atoms with Crippen molar-refractivity contribution >= 4 is 45.9 Å². The highest BCUT2D eigenvalue weighted by molar-refractivity contribution is 8.14. The number of aliphatic imine (C=N–C) groups is 1. The second-order valence-electron chi connectivity index (χ2n) is 4.94. The first-order chi connectivity index (χ1) is 11.7. The fourth-order valence-corrected chi connectivity index (χ4v) is 3.71. The van der Waals surface area contributed by atoms with Crippen LogP contribution in [0.2, 0.25) is 0 Å². The Morgan fingerprint density at radius 3 is 2.67 bits per heavy atom. The Bertz CT molecular complexity index is 765. The van der Waals surface area contributed by atoms with Gasteiger partial charge in [-0.15, -0.1) is 11.3 Å². The predicted octanol–water partition coefficient (Wildman–Crippen LogP) is 4.64. The van der Waals surface area contributed by atoms with Crippen LogP contribution in [0, 0.1) is 0 Å². The molecule has 1 aromatic carbocycles. The molecular weight excluding hydrogens is 340 g/mol. The molecular formula is C18H18N2O2S2. The molecule has 0 fully saturated rings. The lowest BCUT2D eigenvalue weighted by Gasteiger charge is -2.17. The van der Waals surface area contributed by atoms with E-state index in [0.717, 1.165) is 27.2 Å². The van der Waals surface area contributed by atoms with Crippen LogP contribution in [0.15, 0.2) is 52.5 Å². The summed E-state index contributed by atoms with van der Waals surface area (Å²) in [6.45, 7) is 4.62. The minimum Gasteiger partial charge on any atom is -0.494 e. The number of carbonyl (C=O) groups is 1. The molecule has 0 radical (unpaired) electrons. The van der Waals surface area contributed by atoms with E-state index in [1.165, 1.54) is 0 Å². The van der Waals surface area contributed by atoms with Crippen molar-refractivity contribution in [2.45, 2.75) is 13.8 Å². The van der Waals surface area contributed by atoms with Crippen molar-refractivity contribution in [1.82, 2.24) is 0 Å². The number of ether oxygens (including phenoxy) is 1. The number of benzene rings is 1. The predicted molar refractivity (Wildman–Crippen MR) is 103 cm³/mol. The first-order valence-corrected chi connectivity index (χ1v) is 9.63. The van der Waals surface area contributed by atoms with Crippen LogP contribution in [0.4, 0.5) is 5.69 Å². The van der Waals surface area contributed by atoms with Gasteiger partial charge < -0.3 is 4.74 Å². The fraction of sp³-hybridized carbons (Fsp3) is 0.222. The van der Waals surface area contributed by atoms with Crippen LogP contribution in [0.3, 0.4) is 0 Å². The normalized spacial score (nSPS) is 15.9. The third-order valence-corrected chi connectivity index (χ3v) is 4.97. The van der Waals surface area contributed by atoms with Gasteiger partial charge in [0.15, 0.2) is 5.17 Å². The maximum absolute atomic E-state index is 12.8. The van der Waals surface area contributed by atoms with Crippen molar-refractivity contribution in [3.05, 3.63) is 52.4 Å². The summed E-state index contributed by atoms with van der Waals surface area (Å²) >= 11 is 3.15. The zero-order valence-corrected chi connectivity index (χ0v) is 15.2. The Morgan fingerprint density at radius 1 is 1.25 bits per heavy atom. The summed E-state index contributed by atoms with van der Waals surface area (Å²) in [5.74, 6) is 1.55. The topological polar surface area (TPSA) is 41.9 Å². The average Bonchev–Trinajstić information content (AvgIpc) is 3.19. The number of hydrogen-bond acceptors (Lipinski definition) is 5. The minimum atomic E-state index is -0.0940. The molecule has 1 amide bonds. The van der Waals surface area contributed by atoms with E-state index in [1.54, 1.807) is 28.0 Å². The van der Waals surface area contributed by atoms with Gasteiger partial charge in [-0.05, 0) is 54.5 Å². The molecule has 1 aliphatic rings. The van der Waals surface area contributed by atoms with Crippen LogP contribution in [0.1, 0.15) is 18.7 Å². The van der Waals surface area contributed by atoms with Crippen LogP contribution in [-0.4, -0.2) is 23.4 Å². The molecule has 0 spiro atoms. The molecule has 0 saturated carbocycles. The van der Waals surface area contributed by atoms with Gasteiger partial charge in [0.1, 0.15) is 11.4 Å². The molecule has 6 heteroatoms. The number of carbonyl (C=O) groups excluding carboxylic acids is 1. The summed E-state index contributed by atoms with van der Waals surface area (Å²) in [7, 11) is 0. The highest BCUT2D eigenvalue weighted by Crippen LogP contribution is 2.30. The molecule has 124 valence electrons. The van der Waals surface area contributed by atoms with Crippen molar-refractivity contribution in [2.24, 2.45) is 4.99 Å².